The Bertz CT molecular complexity index is 1390. The van der Waals surface area contributed by atoms with Gasteiger partial charge in [0.25, 0.3) is 5.91 Å². The number of hydrogen-bond acceptors (Lipinski definition) is 7. The van der Waals surface area contributed by atoms with Crippen molar-refractivity contribution in [3.63, 3.8) is 0 Å². The maximum atomic E-state index is 14.7. The molecule has 2 aromatic rings. The van der Waals surface area contributed by atoms with Crippen LogP contribution in [0.4, 0.5) is 23.2 Å². The first-order valence-electron chi connectivity index (χ1n) is 12.7. The summed E-state index contributed by atoms with van der Waals surface area (Å²) in [4.78, 5) is 37.6. The normalized spacial score (nSPS) is 15.5. The number of halogens is 4. The Morgan fingerprint density at radius 1 is 1.02 bits per heavy atom. The molecule has 1 amide bonds. The summed E-state index contributed by atoms with van der Waals surface area (Å²) in [6.45, 7) is 4.26. The molecule has 224 valence electrons. The topological polar surface area (TPSA) is 133 Å². The fourth-order valence-electron chi connectivity index (χ4n) is 4.39. The van der Waals surface area contributed by atoms with Gasteiger partial charge in [0, 0.05) is 42.4 Å². The number of aliphatic carboxylic acids is 1. The molecule has 15 heteroatoms. The highest BCUT2D eigenvalue weighted by Gasteiger charge is 2.38. The number of rotatable bonds is 11. The molecule has 2 aromatic carbocycles. The van der Waals surface area contributed by atoms with Crippen molar-refractivity contribution < 1.29 is 50.2 Å². The predicted molar refractivity (Wildman–Crippen MR) is 137 cm³/mol. The zero-order valence-corrected chi connectivity index (χ0v) is 23.0. The fourth-order valence-corrected chi connectivity index (χ4v) is 5.95. The molecule has 0 radical (unpaired) electrons. The van der Waals surface area contributed by atoms with Gasteiger partial charge in [-0.2, -0.15) is 4.31 Å². The molecule has 0 aliphatic carbocycles. The lowest BCUT2D eigenvalue weighted by atomic mass is 9.92. The molecular formula is C26H29F4N3O7S. The van der Waals surface area contributed by atoms with Gasteiger partial charge in [-0.1, -0.05) is 13.8 Å². The second-order valence-corrected chi connectivity index (χ2v) is 11.2. The summed E-state index contributed by atoms with van der Waals surface area (Å²) in [6.07, 6.45) is -1.50. The number of carbonyl (C=O) groups excluding carboxylic acids is 2. The van der Waals surface area contributed by atoms with E-state index in [1.54, 1.807) is 4.90 Å². The molecule has 10 nitrogen and oxygen atoms in total. The highest BCUT2D eigenvalue weighted by atomic mass is 32.2. The van der Waals surface area contributed by atoms with Crippen LogP contribution in [-0.2, 0) is 24.3 Å². The van der Waals surface area contributed by atoms with Crippen LogP contribution in [0.5, 0.6) is 0 Å². The standard InChI is InChI=1S/C26H29F4N3O7S/c1-3-32(4-2)14-22(34)40-24(26(36)37)15-7-9-33(10-8-15)41(38,39)21-11-16(5-6-18(21)27)25(35)31-17-12-19(28)23(30)20(29)13-17/h5-6,11-13,15,24H,3-4,7-10,14H2,1-2H3,(H,31,35)(H,36,37). The van der Waals surface area contributed by atoms with Crippen molar-refractivity contribution in [2.45, 2.75) is 37.7 Å². The SMILES string of the molecule is CCN(CC)CC(=O)OC(C(=O)O)C1CCN(S(=O)(=O)c2cc(C(=O)Nc3cc(F)c(F)c(F)c3)ccc2F)CC1. The van der Waals surface area contributed by atoms with Crippen molar-refractivity contribution in [1.82, 2.24) is 9.21 Å². The van der Waals surface area contributed by atoms with Gasteiger partial charge in [-0.3, -0.25) is 14.5 Å². The van der Waals surface area contributed by atoms with Gasteiger partial charge in [0.15, 0.2) is 17.5 Å². The Kier molecular flexibility index (Phi) is 10.4. The minimum Gasteiger partial charge on any atom is -0.478 e. The molecule has 1 unspecified atom stereocenters. The summed E-state index contributed by atoms with van der Waals surface area (Å²) in [7, 11) is -4.51. The lowest BCUT2D eigenvalue weighted by molar-refractivity contribution is -0.169. The molecule has 0 saturated carbocycles. The van der Waals surface area contributed by atoms with Crippen LogP contribution in [0.25, 0.3) is 0 Å². The molecule has 0 bridgehead atoms. The minimum atomic E-state index is -4.51. The monoisotopic (exact) mass is 603 g/mol. The third-order valence-electron chi connectivity index (χ3n) is 6.73. The van der Waals surface area contributed by atoms with Crippen molar-refractivity contribution in [3.05, 3.63) is 59.2 Å². The molecule has 1 atom stereocenters. The van der Waals surface area contributed by atoms with Gasteiger partial charge < -0.3 is 15.2 Å². The van der Waals surface area contributed by atoms with Gasteiger partial charge in [-0.15, -0.1) is 0 Å². The van der Waals surface area contributed by atoms with Crippen LogP contribution < -0.4 is 5.32 Å². The zero-order valence-electron chi connectivity index (χ0n) is 22.2. The summed E-state index contributed by atoms with van der Waals surface area (Å²) in [5.74, 6) is -9.86. The van der Waals surface area contributed by atoms with Gasteiger partial charge in [0.05, 0.1) is 6.54 Å². The van der Waals surface area contributed by atoms with Crippen molar-refractivity contribution in [2.24, 2.45) is 5.92 Å². The first-order valence-corrected chi connectivity index (χ1v) is 14.1. The van der Waals surface area contributed by atoms with Gasteiger partial charge in [-0.05, 0) is 44.1 Å². The maximum Gasteiger partial charge on any atom is 0.345 e. The number of likely N-dealkylation sites (N-methyl/N-ethyl adjacent to an activating group) is 1. The third kappa shape index (κ3) is 7.59. The average molecular weight is 604 g/mol. The van der Waals surface area contributed by atoms with Gasteiger partial charge in [-0.25, -0.2) is 30.8 Å². The number of hydrogen-bond donors (Lipinski definition) is 2. The maximum absolute atomic E-state index is 14.7. The van der Waals surface area contributed by atoms with Crippen LogP contribution in [-0.4, -0.2) is 79.4 Å². The lowest BCUT2D eigenvalue weighted by Crippen LogP contribution is -2.45. The van der Waals surface area contributed by atoms with E-state index in [1.807, 2.05) is 13.8 Å². The van der Waals surface area contributed by atoms with Crippen molar-refractivity contribution >= 4 is 33.6 Å². The van der Waals surface area contributed by atoms with Crippen LogP contribution in [0.3, 0.4) is 0 Å². The second kappa shape index (κ2) is 13.4. The van der Waals surface area contributed by atoms with Gasteiger partial charge >= 0.3 is 11.9 Å². The number of anilines is 1. The van der Waals surface area contributed by atoms with Crippen LogP contribution in [0.2, 0.25) is 0 Å². The van der Waals surface area contributed by atoms with E-state index >= 15 is 0 Å². The molecule has 3 rings (SSSR count). The minimum absolute atomic E-state index is 0.00175. The number of sulfonamides is 1. The lowest BCUT2D eigenvalue weighted by Gasteiger charge is -2.33. The molecule has 0 aromatic heterocycles. The number of ether oxygens (including phenoxy) is 1. The number of nitrogens with zero attached hydrogens (tertiary/aromatic N) is 2. The van der Waals surface area contributed by atoms with E-state index in [9.17, 15) is 45.5 Å². The van der Waals surface area contributed by atoms with E-state index in [0.717, 1.165) is 22.5 Å². The van der Waals surface area contributed by atoms with E-state index in [0.29, 0.717) is 25.2 Å². The first-order chi connectivity index (χ1) is 19.3. The smallest absolute Gasteiger partial charge is 0.345 e. The number of carboxylic acids is 1. The Morgan fingerprint density at radius 3 is 2.15 bits per heavy atom. The molecule has 1 aliphatic rings. The summed E-state index contributed by atoms with van der Waals surface area (Å²) >= 11 is 0. The Morgan fingerprint density at radius 2 is 1.61 bits per heavy atom. The summed E-state index contributed by atoms with van der Waals surface area (Å²) in [5.41, 5.74) is -0.816. The van der Waals surface area contributed by atoms with Crippen LogP contribution in [0, 0.1) is 29.2 Å². The van der Waals surface area contributed by atoms with Crippen LogP contribution in [0.1, 0.15) is 37.0 Å². The molecule has 2 N–H and O–H groups in total. The highest BCUT2D eigenvalue weighted by molar-refractivity contribution is 7.89. The molecule has 1 aliphatic heterocycles. The van der Waals surface area contributed by atoms with E-state index in [-0.39, 0.29) is 38.0 Å². The van der Waals surface area contributed by atoms with E-state index in [2.05, 4.69) is 5.32 Å². The number of esters is 1. The summed E-state index contributed by atoms with van der Waals surface area (Å²) in [5, 5.41) is 11.7. The highest BCUT2D eigenvalue weighted by Crippen LogP contribution is 2.29. The number of nitrogens with one attached hydrogen (secondary N) is 1. The van der Waals surface area contributed by atoms with Gasteiger partial charge in [0.2, 0.25) is 16.1 Å². The predicted octanol–water partition coefficient (Wildman–Crippen LogP) is 3.23. The summed E-state index contributed by atoms with van der Waals surface area (Å²) in [6, 6.07) is 3.48. The van der Waals surface area contributed by atoms with Crippen molar-refractivity contribution in [3.8, 4) is 0 Å². The Hall–Kier alpha value is -3.56. The molecule has 1 heterocycles. The quantitative estimate of drug-likeness (QED) is 0.227. The number of carbonyl (C=O) groups is 3. The average Bonchev–Trinajstić information content (AvgIpc) is 2.93. The molecule has 41 heavy (non-hydrogen) atoms. The Balaban J connectivity index is 1.72. The second-order valence-electron chi connectivity index (χ2n) is 9.30. The van der Waals surface area contributed by atoms with E-state index in [4.69, 9.17) is 4.74 Å². The molecule has 1 saturated heterocycles. The number of benzene rings is 2. The number of amides is 1. The van der Waals surface area contributed by atoms with E-state index < -0.39 is 73.7 Å². The van der Waals surface area contributed by atoms with Crippen LogP contribution in [0.15, 0.2) is 35.2 Å². The van der Waals surface area contributed by atoms with Gasteiger partial charge in [0.1, 0.15) is 10.7 Å². The van der Waals surface area contributed by atoms with Crippen LogP contribution >= 0.6 is 0 Å². The summed E-state index contributed by atoms with van der Waals surface area (Å²) < 4.78 is 87.4. The third-order valence-corrected chi connectivity index (χ3v) is 8.64. The number of carboxylic acid groups (broad SMARTS) is 1. The molecular weight excluding hydrogens is 574 g/mol. The molecule has 1 fully saturated rings. The molecule has 0 spiro atoms. The largest absolute Gasteiger partial charge is 0.478 e. The van der Waals surface area contributed by atoms with Crippen molar-refractivity contribution in [2.75, 3.05) is 38.0 Å². The zero-order chi connectivity index (χ0) is 30.5. The van der Waals surface area contributed by atoms with E-state index in [1.165, 1.54) is 0 Å². The van der Waals surface area contributed by atoms with Crippen molar-refractivity contribution in [1.29, 1.82) is 0 Å². The first kappa shape index (κ1) is 32.0. The Labute approximate surface area is 233 Å². The number of piperidine rings is 1. The fraction of sp³-hybridized carbons (Fsp3) is 0.423.